The summed E-state index contributed by atoms with van der Waals surface area (Å²) >= 11 is 6.37. The van der Waals surface area contributed by atoms with Crippen LogP contribution in [0.5, 0.6) is 5.75 Å². The van der Waals surface area contributed by atoms with Crippen molar-refractivity contribution in [2.75, 3.05) is 7.11 Å². The number of tetrazole rings is 1. The van der Waals surface area contributed by atoms with Crippen molar-refractivity contribution in [3.8, 4) is 11.4 Å². The Balaban J connectivity index is 1.60. The number of para-hydroxylation sites is 1. The van der Waals surface area contributed by atoms with E-state index in [1.165, 1.54) is 16.5 Å². The second-order valence-electron chi connectivity index (χ2n) is 7.30. The highest BCUT2D eigenvalue weighted by Gasteiger charge is 2.15. The zero-order valence-electron chi connectivity index (χ0n) is 18.4. The van der Waals surface area contributed by atoms with Gasteiger partial charge in [0.25, 0.3) is 0 Å². The molecule has 0 aliphatic carbocycles. The molecule has 0 aliphatic rings. The summed E-state index contributed by atoms with van der Waals surface area (Å²) in [5.41, 5.74) is 4.27. The van der Waals surface area contributed by atoms with Crippen molar-refractivity contribution >= 4 is 17.3 Å². The fraction of sp³-hybridized carbons (Fsp3) is 0.167. The van der Waals surface area contributed by atoms with Gasteiger partial charge >= 0.3 is 5.69 Å². The van der Waals surface area contributed by atoms with Crippen molar-refractivity contribution in [1.29, 1.82) is 0 Å². The van der Waals surface area contributed by atoms with E-state index in [4.69, 9.17) is 21.2 Å². The van der Waals surface area contributed by atoms with Crippen LogP contribution in [0.2, 0.25) is 5.02 Å². The summed E-state index contributed by atoms with van der Waals surface area (Å²) in [6.07, 6.45) is 0. The fourth-order valence-corrected chi connectivity index (χ4v) is 3.65. The summed E-state index contributed by atoms with van der Waals surface area (Å²) in [4.78, 5) is 17.3. The molecule has 0 amide bonds. The summed E-state index contributed by atoms with van der Waals surface area (Å²) in [6, 6.07) is 20.6. The van der Waals surface area contributed by atoms with Gasteiger partial charge in [0.05, 0.1) is 10.7 Å². The molecular formula is C24H22ClN5O3. The standard InChI is InChI=1S/C24H22ClN5O3/c1-16-14-17(23(26-32-3)19-9-5-6-10-20(19)25)12-13-22(16)33-15-18-8-4-7-11-21(18)30-24(31)29(2)27-28-30/h4-14H,15H2,1-3H3. The molecule has 0 bridgehead atoms. The number of aromatic nitrogens is 4. The lowest BCUT2D eigenvalue weighted by Gasteiger charge is -2.14. The zero-order chi connectivity index (χ0) is 23.4. The van der Waals surface area contributed by atoms with Gasteiger partial charge in [-0.3, -0.25) is 0 Å². The number of hydrogen-bond donors (Lipinski definition) is 0. The molecule has 4 aromatic rings. The minimum absolute atomic E-state index is 0.253. The van der Waals surface area contributed by atoms with Gasteiger partial charge < -0.3 is 9.57 Å². The third-order valence-electron chi connectivity index (χ3n) is 5.08. The van der Waals surface area contributed by atoms with Crippen LogP contribution in [0.3, 0.4) is 0 Å². The van der Waals surface area contributed by atoms with E-state index in [-0.39, 0.29) is 12.3 Å². The average Bonchev–Trinajstić information content (AvgIpc) is 3.15. The van der Waals surface area contributed by atoms with E-state index < -0.39 is 0 Å². The highest BCUT2D eigenvalue weighted by atomic mass is 35.5. The van der Waals surface area contributed by atoms with Crippen molar-refractivity contribution in [3.63, 3.8) is 0 Å². The summed E-state index contributed by atoms with van der Waals surface area (Å²) in [7, 11) is 3.06. The van der Waals surface area contributed by atoms with Gasteiger partial charge in [0, 0.05) is 23.7 Å². The Labute approximate surface area is 195 Å². The SMILES string of the molecule is CON=C(c1ccc(OCc2ccccc2-n2nnn(C)c2=O)c(C)c1)c1ccccc1Cl. The zero-order valence-corrected chi connectivity index (χ0v) is 19.2. The number of benzene rings is 3. The lowest BCUT2D eigenvalue weighted by Crippen LogP contribution is -2.23. The number of hydrogen-bond acceptors (Lipinski definition) is 6. The third-order valence-corrected chi connectivity index (χ3v) is 5.41. The molecule has 0 fully saturated rings. The second kappa shape index (κ2) is 9.70. The van der Waals surface area contributed by atoms with Crippen LogP contribution in [-0.4, -0.2) is 32.6 Å². The number of rotatable bonds is 7. The van der Waals surface area contributed by atoms with Gasteiger partial charge in [-0.2, -0.15) is 9.36 Å². The molecule has 4 rings (SSSR count). The topological polar surface area (TPSA) is 83.5 Å². The van der Waals surface area contributed by atoms with Crippen LogP contribution in [0.4, 0.5) is 0 Å². The van der Waals surface area contributed by atoms with Crippen molar-refractivity contribution < 1.29 is 9.57 Å². The Morgan fingerprint density at radius 2 is 1.82 bits per heavy atom. The van der Waals surface area contributed by atoms with Crippen LogP contribution in [-0.2, 0) is 18.5 Å². The van der Waals surface area contributed by atoms with Crippen LogP contribution in [0.1, 0.15) is 22.3 Å². The Hall–Kier alpha value is -3.91. The third kappa shape index (κ3) is 4.65. The lowest BCUT2D eigenvalue weighted by molar-refractivity contribution is 0.214. The number of halogens is 1. The van der Waals surface area contributed by atoms with Crippen LogP contribution in [0, 0.1) is 6.92 Å². The maximum Gasteiger partial charge on any atom is 0.368 e. The van der Waals surface area contributed by atoms with Gasteiger partial charge in [0.15, 0.2) is 0 Å². The van der Waals surface area contributed by atoms with E-state index in [1.54, 1.807) is 7.05 Å². The van der Waals surface area contributed by atoms with Crippen molar-refractivity contribution in [1.82, 2.24) is 19.8 Å². The minimum atomic E-state index is -0.326. The number of ether oxygens (including phenoxy) is 1. The van der Waals surface area contributed by atoms with E-state index >= 15 is 0 Å². The molecule has 0 aliphatic heterocycles. The Bertz CT molecular complexity index is 1380. The molecule has 33 heavy (non-hydrogen) atoms. The van der Waals surface area contributed by atoms with Gasteiger partial charge in [-0.25, -0.2) is 4.79 Å². The summed E-state index contributed by atoms with van der Waals surface area (Å²) < 4.78 is 8.52. The number of oxime groups is 1. The van der Waals surface area contributed by atoms with Crippen molar-refractivity contribution in [2.45, 2.75) is 13.5 Å². The van der Waals surface area contributed by atoms with E-state index in [0.717, 1.165) is 22.3 Å². The van der Waals surface area contributed by atoms with E-state index in [0.29, 0.717) is 22.2 Å². The first kappa shape index (κ1) is 22.3. The Kier molecular flexibility index (Phi) is 6.55. The summed E-state index contributed by atoms with van der Waals surface area (Å²) in [5.74, 6) is 0.705. The van der Waals surface area contributed by atoms with Gasteiger partial charge in [-0.05, 0) is 53.2 Å². The summed E-state index contributed by atoms with van der Waals surface area (Å²) in [5, 5.41) is 12.5. The van der Waals surface area contributed by atoms with Crippen LogP contribution in [0.25, 0.3) is 5.69 Å². The smallest absolute Gasteiger partial charge is 0.368 e. The number of aryl methyl sites for hydroxylation is 2. The first-order valence-corrected chi connectivity index (χ1v) is 10.5. The van der Waals surface area contributed by atoms with Gasteiger partial charge in [0.2, 0.25) is 0 Å². The van der Waals surface area contributed by atoms with Crippen molar-refractivity contribution in [3.05, 3.63) is 104 Å². The molecule has 0 saturated heterocycles. The Morgan fingerprint density at radius 3 is 2.52 bits per heavy atom. The molecule has 0 unspecified atom stereocenters. The molecule has 0 radical (unpaired) electrons. The molecule has 0 N–H and O–H groups in total. The molecule has 0 atom stereocenters. The molecule has 3 aromatic carbocycles. The predicted octanol–water partition coefficient (Wildman–Crippen LogP) is 3.91. The monoisotopic (exact) mass is 463 g/mol. The molecule has 1 heterocycles. The van der Waals surface area contributed by atoms with Crippen LogP contribution >= 0.6 is 11.6 Å². The molecule has 1 aromatic heterocycles. The maximum atomic E-state index is 12.3. The highest BCUT2D eigenvalue weighted by Crippen LogP contribution is 2.25. The van der Waals surface area contributed by atoms with E-state index in [2.05, 4.69) is 15.6 Å². The Morgan fingerprint density at radius 1 is 1.06 bits per heavy atom. The van der Waals surface area contributed by atoms with Crippen LogP contribution in [0.15, 0.2) is 76.7 Å². The van der Waals surface area contributed by atoms with E-state index in [9.17, 15) is 4.79 Å². The molecule has 0 saturated carbocycles. The lowest BCUT2D eigenvalue weighted by atomic mass is 10.0. The molecule has 9 heteroatoms. The second-order valence-corrected chi connectivity index (χ2v) is 7.70. The summed E-state index contributed by atoms with van der Waals surface area (Å²) in [6.45, 7) is 2.21. The van der Waals surface area contributed by atoms with Gasteiger partial charge in [-0.15, -0.1) is 0 Å². The van der Waals surface area contributed by atoms with Crippen LogP contribution < -0.4 is 10.4 Å². The molecule has 168 valence electrons. The normalized spacial score (nSPS) is 11.5. The molecule has 8 nitrogen and oxygen atoms in total. The van der Waals surface area contributed by atoms with Gasteiger partial charge in [-0.1, -0.05) is 53.2 Å². The molecule has 0 spiro atoms. The minimum Gasteiger partial charge on any atom is -0.489 e. The van der Waals surface area contributed by atoms with Crippen molar-refractivity contribution in [2.24, 2.45) is 12.2 Å². The average molecular weight is 464 g/mol. The molecular weight excluding hydrogens is 442 g/mol. The fourth-order valence-electron chi connectivity index (χ4n) is 3.42. The first-order chi connectivity index (χ1) is 16.0. The maximum absolute atomic E-state index is 12.3. The largest absolute Gasteiger partial charge is 0.489 e. The van der Waals surface area contributed by atoms with Gasteiger partial charge in [0.1, 0.15) is 25.2 Å². The highest BCUT2D eigenvalue weighted by molar-refractivity contribution is 6.35. The van der Waals surface area contributed by atoms with E-state index in [1.807, 2.05) is 73.7 Å². The predicted molar refractivity (Wildman–Crippen MR) is 126 cm³/mol. The quantitative estimate of drug-likeness (QED) is 0.306. The first-order valence-electron chi connectivity index (χ1n) is 10.2. The number of nitrogens with zero attached hydrogens (tertiary/aromatic N) is 5.